The molecule has 3 amide bonds. The number of nitriles is 1. The minimum atomic E-state index is -0.739. The molecular formula is C33H40N4O7. The number of esters is 1. The normalized spacial score (nSPS) is 13.8. The Balaban J connectivity index is 1.51. The van der Waals surface area contributed by atoms with Gasteiger partial charge in [-0.15, -0.1) is 0 Å². The van der Waals surface area contributed by atoms with Crippen LogP contribution >= 0.6 is 0 Å². The summed E-state index contributed by atoms with van der Waals surface area (Å²) >= 11 is 0. The van der Waals surface area contributed by atoms with E-state index in [1.807, 2.05) is 39.0 Å². The van der Waals surface area contributed by atoms with E-state index in [0.29, 0.717) is 41.4 Å². The molecular weight excluding hydrogens is 564 g/mol. The van der Waals surface area contributed by atoms with Gasteiger partial charge in [-0.05, 0) is 87.9 Å². The molecule has 11 heteroatoms. The summed E-state index contributed by atoms with van der Waals surface area (Å²) in [6.07, 6.45) is 3.80. The minimum absolute atomic E-state index is 0.0856. The highest BCUT2D eigenvalue weighted by molar-refractivity contribution is 5.98. The molecule has 2 aromatic rings. The lowest BCUT2D eigenvalue weighted by molar-refractivity contribution is -0.137. The van der Waals surface area contributed by atoms with Crippen molar-refractivity contribution in [1.82, 2.24) is 15.5 Å². The second-order valence-corrected chi connectivity index (χ2v) is 11.5. The van der Waals surface area contributed by atoms with E-state index < -0.39 is 17.5 Å². The van der Waals surface area contributed by atoms with Crippen LogP contribution in [0.1, 0.15) is 67.6 Å². The maximum absolute atomic E-state index is 12.7. The molecule has 0 atom stereocenters. The Kier molecular flexibility index (Phi) is 11.9. The van der Waals surface area contributed by atoms with Crippen LogP contribution in [0.3, 0.4) is 0 Å². The molecule has 1 aliphatic heterocycles. The van der Waals surface area contributed by atoms with Gasteiger partial charge < -0.3 is 29.7 Å². The lowest BCUT2D eigenvalue weighted by Gasteiger charge is -2.33. The minimum Gasteiger partial charge on any atom is -0.491 e. The Labute approximate surface area is 258 Å². The van der Waals surface area contributed by atoms with Crippen LogP contribution in [0.5, 0.6) is 5.75 Å². The van der Waals surface area contributed by atoms with Gasteiger partial charge in [0.2, 0.25) is 5.91 Å². The summed E-state index contributed by atoms with van der Waals surface area (Å²) in [5.74, 6) is -0.695. The number of rotatable bonds is 10. The zero-order chi connectivity index (χ0) is 32.3. The highest BCUT2D eigenvalue weighted by Crippen LogP contribution is 2.24. The van der Waals surface area contributed by atoms with Gasteiger partial charge in [0.15, 0.2) is 0 Å². The number of methoxy groups -OCH3 is 1. The van der Waals surface area contributed by atoms with Crippen molar-refractivity contribution in [2.75, 3.05) is 33.4 Å². The Morgan fingerprint density at radius 2 is 1.75 bits per heavy atom. The van der Waals surface area contributed by atoms with Crippen molar-refractivity contribution < 1.29 is 33.4 Å². The number of benzene rings is 2. The second kappa shape index (κ2) is 15.6. The van der Waals surface area contributed by atoms with Crippen LogP contribution < -0.4 is 15.4 Å². The zero-order valence-electron chi connectivity index (χ0n) is 25.9. The molecule has 3 rings (SSSR count). The number of ether oxygens (including phenoxy) is 3. The van der Waals surface area contributed by atoms with Crippen molar-refractivity contribution in [3.05, 3.63) is 70.4 Å². The van der Waals surface area contributed by atoms with Gasteiger partial charge in [-0.2, -0.15) is 5.26 Å². The third-order valence-corrected chi connectivity index (χ3v) is 6.81. The molecule has 44 heavy (non-hydrogen) atoms. The van der Waals surface area contributed by atoms with Crippen LogP contribution in [0, 0.1) is 17.2 Å². The van der Waals surface area contributed by atoms with E-state index in [-0.39, 0.29) is 30.8 Å². The van der Waals surface area contributed by atoms with E-state index >= 15 is 0 Å². The number of hydrogen-bond acceptors (Lipinski definition) is 8. The van der Waals surface area contributed by atoms with E-state index in [1.54, 1.807) is 29.2 Å². The average Bonchev–Trinajstić information content (AvgIpc) is 2.98. The fraction of sp³-hybridized carbons (Fsp3) is 0.424. The maximum atomic E-state index is 12.7. The number of nitrogens with one attached hydrogen (secondary N) is 2. The first-order valence-electron chi connectivity index (χ1n) is 14.5. The van der Waals surface area contributed by atoms with Gasteiger partial charge in [0.1, 0.15) is 23.7 Å². The van der Waals surface area contributed by atoms with Gasteiger partial charge in [0.25, 0.3) is 5.91 Å². The van der Waals surface area contributed by atoms with Gasteiger partial charge in [0.05, 0.1) is 25.3 Å². The molecule has 2 aromatic carbocycles. The monoisotopic (exact) mass is 604 g/mol. The summed E-state index contributed by atoms with van der Waals surface area (Å²) in [6, 6.07) is 14.2. The summed E-state index contributed by atoms with van der Waals surface area (Å²) in [4.78, 5) is 50.4. The largest absolute Gasteiger partial charge is 0.491 e. The van der Waals surface area contributed by atoms with E-state index in [9.17, 15) is 24.4 Å². The number of carbonyl (C=O) groups is 4. The Morgan fingerprint density at radius 3 is 2.34 bits per heavy atom. The van der Waals surface area contributed by atoms with Crippen LogP contribution in [0.15, 0.2) is 48.2 Å². The molecule has 1 saturated heterocycles. The standard InChI is InChI=1S/C33H40N4O7/c1-22(38)36-28(31(40)42-5)20-27-11-8-25(21-34)19-29(27)43-17-14-35-30(39)26-9-6-23(7-10-26)18-24-12-15-37(16-13-24)32(41)44-33(2,3)4/h6-11,19-20,24H,12-18H2,1-5H3,(H,35,39)(H,36,38)/b28-20+. The number of amides is 3. The van der Waals surface area contributed by atoms with E-state index in [4.69, 9.17) is 14.2 Å². The third kappa shape index (κ3) is 10.5. The maximum Gasteiger partial charge on any atom is 0.410 e. The zero-order valence-corrected chi connectivity index (χ0v) is 25.9. The summed E-state index contributed by atoms with van der Waals surface area (Å²) in [5.41, 5.74) is 1.83. The Morgan fingerprint density at radius 1 is 1.07 bits per heavy atom. The summed E-state index contributed by atoms with van der Waals surface area (Å²) in [6.45, 7) is 8.47. The van der Waals surface area contributed by atoms with Crippen LogP contribution in [0.2, 0.25) is 0 Å². The fourth-order valence-corrected chi connectivity index (χ4v) is 4.65. The molecule has 2 N–H and O–H groups in total. The van der Waals surface area contributed by atoms with Gasteiger partial charge in [-0.3, -0.25) is 9.59 Å². The molecule has 11 nitrogen and oxygen atoms in total. The van der Waals surface area contributed by atoms with Gasteiger partial charge in [-0.1, -0.05) is 12.1 Å². The van der Waals surface area contributed by atoms with Crippen LogP contribution in [0.25, 0.3) is 6.08 Å². The summed E-state index contributed by atoms with van der Waals surface area (Å²) in [5, 5.41) is 14.5. The van der Waals surface area contributed by atoms with E-state index in [1.165, 1.54) is 26.2 Å². The number of piperidine rings is 1. The molecule has 0 radical (unpaired) electrons. The molecule has 1 aliphatic rings. The van der Waals surface area contributed by atoms with Crippen molar-refractivity contribution in [2.45, 2.75) is 52.6 Å². The molecule has 234 valence electrons. The topological polar surface area (TPSA) is 147 Å². The van der Waals surface area contributed by atoms with Crippen molar-refractivity contribution >= 4 is 30.0 Å². The predicted octanol–water partition coefficient (Wildman–Crippen LogP) is 4.21. The van der Waals surface area contributed by atoms with Crippen molar-refractivity contribution in [3.8, 4) is 11.8 Å². The van der Waals surface area contributed by atoms with Crippen LogP contribution in [-0.2, 0) is 25.5 Å². The number of carbonyl (C=O) groups excluding carboxylic acids is 4. The molecule has 1 heterocycles. The second-order valence-electron chi connectivity index (χ2n) is 11.5. The molecule has 1 fully saturated rings. The number of likely N-dealkylation sites (tertiary alicyclic amines) is 1. The average molecular weight is 605 g/mol. The summed E-state index contributed by atoms with van der Waals surface area (Å²) in [7, 11) is 1.20. The first kappa shape index (κ1) is 33.6. The predicted molar refractivity (Wildman–Crippen MR) is 163 cm³/mol. The molecule has 0 aromatic heterocycles. The SMILES string of the molecule is COC(=O)/C(=C\c1ccc(C#N)cc1OCCNC(=O)c1ccc(CC2CCN(C(=O)OC(C)(C)C)CC2)cc1)NC(C)=O. The lowest BCUT2D eigenvalue weighted by atomic mass is 9.90. The van der Waals surface area contributed by atoms with E-state index in [2.05, 4.69) is 10.6 Å². The smallest absolute Gasteiger partial charge is 0.410 e. The first-order chi connectivity index (χ1) is 20.9. The lowest BCUT2D eigenvalue weighted by Crippen LogP contribution is -2.42. The first-order valence-corrected chi connectivity index (χ1v) is 14.5. The fourth-order valence-electron chi connectivity index (χ4n) is 4.65. The number of nitrogens with zero attached hydrogens (tertiary/aromatic N) is 2. The molecule has 0 unspecified atom stereocenters. The van der Waals surface area contributed by atoms with Gasteiger partial charge in [0, 0.05) is 31.1 Å². The van der Waals surface area contributed by atoms with Gasteiger partial charge >= 0.3 is 12.1 Å². The van der Waals surface area contributed by atoms with Crippen molar-refractivity contribution in [2.24, 2.45) is 5.92 Å². The third-order valence-electron chi connectivity index (χ3n) is 6.81. The highest BCUT2D eigenvalue weighted by Gasteiger charge is 2.27. The Hall–Kier alpha value is -4.85. The van der Waals surface area contributed by atoms with Gasteiger partial charge in [-0.25, -0.2) is 9.59 Å². The van der Waals surface area contributed by atoms with Crippen LogP contribution in [-0.4, -0.2) is 67.7 Å². The number of hydrogen-bond donors (Lipinski definition) is 2. The molecule has 0 saturated carbocycles. The summed E-state index contributed by atoms with van der Waals surface area (Å²) < 4.78 is 16.0. The molecule has 0 spiro atoms. The quantitative estimate of drug-likeness (QED) is 0.233. The van der Waals surface area contributed by atoms with Crippen molar-refractivity contribution in [3.63, 3.8) is 0 Å². The molecule has 0 aliphatic carbocycles. The van der Waals surface area contributed by atoms with Crippen molar-refractivity contribution in [1.29, 1.82) is 5.26 Å². The highest BCUT2D eigenvalue weighted by atomic mass is 16.6. The van der Waals surface area contributed by atoms with Crippen LogP contribution in [0.4, 0.5) is 4.79 Å². The molecule has 0 bridgehead atoms. The Bertz CT molecular complexity index is 1410. The van der Waals surface area contributed by atoms with E-state index in [0.717, 1.165) is 24.8 Å².